The summed E-state index contributed by atoms with van der Waals surface area (Å²) in [5.41, 5.74) is 2.73. The summed E-state index contributed by atoms with van der Waals surface area (Å²) >= 11 is 6.68. The number of oxazole rings is 1. The largest absolute Gasteiger partial charge is 0.484 e. The minimum Gasteiger partial charge on any atom is -0.484 e. The van der Waals surface area contributed by atoms with Crippen LogP contribution in [0, 0.1) is 0 Å². The van der Waals surface area contributed by atoms with E-state index in [2.05, 4.69) is 37.4 Å². The molecule has 1 amide bonds. The lowest BCUT2D eigenvalue weighted by atomic mass is 9.93. The van der Waals surface area contributed by atoms with E-state index in [-0.39, 0.29) is 19.1 Å². The molecule has 2 fully saturated rings. The van der Waals surface area contributed by atoms with E-state index in [1.54, 1.807) is 6.20 Å². The molecule has 1 unspecified atom stereocenters. The van der Waals surface area contributed by atoms with E-state index in [4.69, 9.17) is 25.7 Å². The van der Waals surface area contributed by atoms with Crippen molar-refractivity contribution in [3.8, 4) is 5.75 Å². The molecule has 4 heterocycles. The number of nitrogens with zero attached hydrogens (tertiary/aromatic N) is 5. The van der Waals surface area contributed by atoms with Crippen molar-refractivity contribution >= 4 is 29.1 Å². The van der Waals surface area contributed by atoms with E-state index < -0.39 is 6.10 Å². The second kappa shape index (κ2) is 13.5. The molecule has 6 rings (SSSR count). The molecule has 11 nitrogen and oxygen atoms in total. The fourth-order valence-electron chi connectivity index (χ4n) is 5.73. The first-order valence-electron chi connectivity index (χ1n) is 15.1. The molecule has 2 aromatic heterocycles. The first kappa shape index (κ1) is 29.7. The van der Waals surface area contributed by atoms with Gasteiger partial charge in [-0.05, 0) is 62.1 Å². The van der Waals surface area contributed by atoms with Crippen molar-refractivity contribution < 1.29 is 19.1 Å². The topological polar surface area (TPSA) is 119 Å². The summed E-state index contributed by atoms with van der Waals surface area (Å²) in [4.78, 5) is 28.7. The van der Waals surface area contributed by atoms with Gasteiger partial charge in [-0.25, -0.2) is 9.97 Å². The number of β-amino-alcohol motifs (C(OH)–C–C–N with tert-alkyl or cyclic N) is 1. The Morgan fingerprint density at radius 1 is 1.21 bits per heavy atom. The molecule has 0 radical (unpaired) electrons. The number of carbonyl (C=O) groups is 1. The predicted molar refractivity (Wildman–Crippen MR) is 165 cm³/mol. The van der Waals surface area contributed by atoms with E-state index in [0.717, 1.165) is 74.7 Å². The Balaban J connectivity index is 1.03. The zero-order chi connectivity index (χ0) is 29.8. The number of benzene rings is 1. The number of carbonyl (C=O) groups excluding carboxylic acids is 1. The maximum Gasteiger partial charge on any atom is 0.251 e. The number of anilines is 2. The Labute approximate surface area is 257 Å². The van der Waals surface area contributed by atoms with Crippen molar-refractivity contribution in [3.63, 3.8) is 0 Å². The average molecular weight is 610 g/mol. The number of pyridine rings is 1. The number of rotatable bonds is 11. The molecule has 1 atom stereocenters. The van der Waals surface area contributed by atoms with Gasteiger partial charge in [0, 0.05) is 64.0 Å². The van der Waals surface area contributed by atoms with Crippen molar-refractivity contribution in [2.45, 2.75) is 51.0 Å². The van der Waals surface area contributed by atoms with Gasteiger partial charge in [-0.3, -0.25) is 9.69 Å². The van der Waals surface area contributed by atoms with Crippen molar-refractivity contribution in [3.05, 3.63) is 64.3 Å². The van der Waals surface area contributed by atoms with E-state index in [0.29, 0.717) is 41.2 Å². The van der Waals surface area contributed by atoms with Gasteiger partial charge in [0.15, 0.2) is 12.2 Å². The smallest absolute Gasteiger partial charge is 0.251 e. The van der Waals surface area contributed by atoms with Gasteiger partial charge < -0.3 is 34.7 Å². The number of hydrogen-bond donors (Lipinski definition) is 3. The molecule has 2 aliphatic heterocycles. The highest BCUT2D eigenvalue weighted by Crippen LogP contribution is 2.34. The van der Waals surface area contributed by atoms with Crippen molar-refractivity contribution in [2.24, 2.45) is 0 Å². The highest BCUT2D eigenvalue weighted by atomic mass is 35.5. The zero-order valence-corrected chi connectivity index (χ0v) is 25.4. The van der Waals surface area contributed by atoms with Gasteiger partial charge in [0.1, 0.15) is 24.0 Å². The fourth-order valence-corrected chi connectivity index (χ4v) is 6.07. The van der Waals surface area contributed by atoms with Crippen molar-refractivity contribution in [2.75, 3.05) is 63.1 Å². The van der Waals surface area contributed by atoms with Gasteiger partial charge in [-0.15, -0.1) is 0 Å². The third kappa shape index (κ3) is 7.41. The fraction of sp³-hybridized carbons (Fsp3) is 0.516. The van der Waals surface area contributed by atoms with E-state index in [1.165, 1.54) is 12.8 Å². The maximum absolute atomic E-state index is 13.3. The Bertz CT molecular complexity index is 1390. The number of fused-ring (bicyclic) bond motifs is 1. The third-order valence-corrected chi connectivity index (χ3v) is 8.97. The third-order valence-electron chi connectivity index (χ3n) is 8.56. The van der Waals surface area contributed by atoms with Crippen LogP contribution in [0.1, 0.15) is 46.5 Å². The van der Waals surface area contributed by atoms with Gasteiger partial charge in [-0.1, -0.05) is 17.7 Å². The van der Waals surface area contributed by atoms with Crippen LogP contribution in [-0.2, 0) is 19.6 Å². The summed E-state index contributed by atoms with van der Waals surface area (Å²) in [6, 6.07) is 8.00. The molecule has 1 aromatic carbocycles. The SMILES string of the molecule is CN1CCN(c2cc(C(=O)NCC(O)CN3CCc4c(ccc(OCc5cnco5)c4Cl)C3)cc(NC3CCC3)n2)CC1. The highest BCUT2D eigenvalue weighted by molar-refractivity contribution is 6.33. The molecule has 0 bridgehead atoms. The molecule has 3 aliphatic rings. The lowest BCUT2D eigenvalue weighted by molar-refractivity contribution is 0.0841. The molecule has 12 heteroatoms. The van der Waals surface area contributed by atoms with Crippen LogP contribution in [0.25, 0.3) is 0 Å². The summed E-state index contributed by atoms with van der Waals surface area (Å²) in [6.45, 7) is 5.94. The van der Waals surface area contributed by atoms with Gasteiger partial charge in [-0.2, -0.15) is 0 Å². The Morgan fingerprint density at radius 3 is 2.79 bits per heavy atom. The molecular formula is C31H40ClN7O4. The number of aliphatic hydroxyl groups excluding tert-OH is 1. The van der Waals surface area contributed by atoms with Crippen LogP contribution >= 0.6 is 11.6 Å². The van der Waals surface area contributed by atoms with Crippen LogP contribution in [0.4, 0.5) is 11.6 Å². The highest BCUT2D eigenvalue weighted by Gasteiger charge is 2.24. The normalized spacial score (nSPS) is 18.5. The minimum atomic E-state index is -0.711. The number of halogens is 1. The molecule has 0 spiro atoms. The molecule has 43 heavy (non-hydrogen) atoms. The molecule has 3 N–H and O–H groups in total. The Kier molecular flexibility index (Phi) is 9.32. The number of likely N-dealkylation sites (N-methyl/N-ethyl adjacent to an activating group) is 1. The van der Waals surface area contributed by atoms with Crippen LogP contribution < -0.4 is 20.3 Å². The molecule has 230 valence electrons. The minimum absolute atomic E-state index is 0.162. The average Bonchev–Trinajstić information content (AvgIpc) is 3.51. The van der Waals surface area contributed by atoms with E-state index in [1.807, 2.05) is 24.3 Å². The molecule has 1 aliphatic carbocycles. The van der Waals surface area contributed by atoms with Crippen LogP contribution in [0.2, 0.25) is 5.02 Å². The first-order chi connectivity index (χ1) is 20.9. The first-order valence-corrected chi connectivity index (χ1v) is 15.5. The number of aliphatic hydroxyl groups is 1. The van der Waals surface area contributed by atoms with Gasteiger partial charge in [0.05, 0.1) is 17.3 Å². The number of nitrogens with one attached hydrogen (secondary N) is 2. The van der Waals surface area contributed by atoms with Crippen LogP contribution in [0.15, 0.2) is 41.3 Å². The maximum atomic E-state index is 13.3. The molecule has 3 aromatic rings. The standard InChI is InChI=1S/C31H40ClN7O4/c1-37-9-11-39(12-10-37)29-14-22(13-28(36-29)35-23-3-2-4-23)31(41)34-15-24(40)18-38-8-7-26-21(17-38)5-6-27(30(26)32)42-19-25-16-33-20-43-25/h5-6,13-14,16,20,23-24,40H,2-4,7-12,15,17-19H2,1H3,(H,34,41)(H,35,36). The monoisotopic (exact) mass is 609 g/mol. The Morgan fingerprint density at radius 2 is 2.05 bits per heavy atom. The van der Waals surface area contributed by atoms with Gasteiger partial charge >= 0.3 is 0 Å². The summed E-state index contributed by atoms with van der Waals surface area (Å²) in [7, 11) is 2.12. The van der Waals surface area contributed by atoms with Crippen LogP contribution in [-0.4, -0.2) is 95.8 Å². The van der Waals surface area contributed by atoms with Gasteiger partial charge in [0.2, 0.25) is 0 Å². The summed E-state index contributed by atoms with van der Waals surface area (Å²) in [6.07, 6.45) is 6.49. The number of hydrogen-bond acceptors (Lipinski definition) is 10. The lowest BCUT2D eigenvalue weighted by Gasteiger charge is -2.34. The van der Waals surface area contributed by atoms with E-state index in [9.17, 15) is 9.90 Å². The summed E-state index contributed by atoms with van der Waals surface area (Å²) in [5.74, 6) is 2.60. The summed E-state index contributed by atoms with van der Waals surface area (Å²) in [5, 5.41) is 17.9. The molecule has 1 saturated heterocycles. The Hall–Kier alpha value is -3.38. The van der Waals surface area contributed by atoms with Crippen molar-refractivity contribution in [1.82, 2.24) is 25.1 Å². The lowest BCUT2D eigenvalue weighted by Crippen LogP contribution is -2.45. The zero-order valence-electron chi connectivity index (χ0n) is 24.6. The molecule has 1 saturated carbocycles. The number of piperazine rings is 1. The number of aromatic nitrogens is 2. The van der Waals surface area contributed by atoms with Gasteiger partial charge in [0.25, 0.3) is 5.91 Å². The number of ether oxygens (including phenoxy) is 1. The second-order valence-corrected chi connectivity index (χ2v) is 12.2. The van der Waals surface area contributed by atoms with Crippen LogP contribution in [0.3, 0.4) is 0 Å². The number of amides is 1. The van der Waals surface area contributed by atoms with Crippen molar-refractivity contribution in [1.29, 1.82) is 0 Å². The quantitative estimate of drug-likeness (QED) is 0.299. The second-order valence-electron chi connectivity index (χ2n) is 11.8. The summed E-state index contributed by atoms with van der Waals surface area (Å²) < 4.78 is 11.1. The van der Waals surface area contributed by atoms with E-state index >= 15 is 0 Å². The van der Waals surface area contributed by atoms with Crippen LogP contribution in [0.5, 0.6) is 5.75 Å². The predicted octanol–water partition coefficient (Wildman–Crippen LogP) is 3.17. The molecular weight excluding hydrogens is 570 g/mol.